The summed E-state index contributed by atoms with van der Waals surface area (Å²) in [7, 11) is 0. The SMILES string of the molecule is C=C(OC(=O)C(=C)C1CCCCC1)C(=O)OC1CC2CCC1(C)C2(C)C. The Balaban J connectivity index is 1.55. The topological polar surface area (TPSA) is 52.6 Å². The van der Waals surface area contributed by atoms with Crippen molar-refractivity contribution in [2.24, 2.45) is 22.7 Å². The summed E-state index contributed by atoms with van der Waals surface area (Å²) < 4.78 is 10.9. The number of hydrogen-bond acceptors (Lipinski definition) is 4. The summed E-state index contributed by atoms with van der Waals surface area (Å²) in [5, 5.41) is 0. The number of rotatable bonds is 5. The third kappa shape index (κ3) is 3.12. The van der Waals surface area contributed by atoms with Crippen molar-refractivity contribution in [3.05, 3.63) is 24.5 Å². The molecule has 144 valence electrons. The van der Waals surface area contributed by atoms with Gasteiger partial charge >= 0.3 is 11.9 Å². The van der Waals surface area contributed by atoms with Gasteiger partial charge in [0.2, 0.25) is 5.76 Å². The normalized spacial score (nSPS) is 32.9. The zero-order valence-corrected chi connectivity index (χ0v) is 16.4. The van der Waals surface area contributed by atoms with E-state index in [1.165, 1.54) is 12.8 Å². The molecular formula is C22H32O4. The molecule has 2 bridgehead atoms. The third-order valence-corrected chi connectivity index (χ3v) is 7.77. The molecule has 4 heteroatoms. The second kappa shape index (κ2) is 6.86. The van der Waals surface area contributed by atoms with Crippen molar-refractivity contribution in [1.29, 1.82) is 0 Å². The van der Waals surface area contributed by atoms with E-state index in [2.05, 4.69) is 33.9 Å². The number of esters is 2. The molecule has 0 aromatic rings. The molecule has 0 amide bonds. The van der Waals surface area contributed by atoms with Crippen molar-refractivity contribution in [2.45, 2.75) is 78.2 Å². The fourth-order valence-corrected chi connectivity index (χ4v) is 5.34. The maximum Gasteiger partial charge on any atom is 0.374 e. The summed E-state index contributed by atoms with van der Waals surface area (Å²) in [6, 6.07) is 0. The van der Waals surface area contributed by atoms with E-state index in [9.17, 15) is 9.59 Å². The molecule has 0 aromatic heterocycles. The van der Waals surface area contributed by atoms with Crippen molar-refractivity contribution in [3.63, 3.8) is 0 Å². The molecule has 0 N–H and O–H groups in total. The molecule has 26 heavy (non-hydrogen) atoms. The Kier molecular flexibility index (Phi) is 5.06. The molecule has 3 fully saturated rings. The van der Waals surface area contributed by atoms with Crippen LogP contribution >= 0.6 is 0 Å². The highest BCUT2D eigenvalue weighted by Crippen LogP contribution is 2.66. The molecular weight excluding hydrogens is 328 g/mol. The van der Waals surface area contributed by atoms with Crippen molar-refractivity contribution < 1.29 is 19.1 Å². The van der Waals surface area contributed by atoms with Crippen LogP contribution in [0, 0.1) is 22.7 Å². The molecule has 3 aliphatic carbocycles. The quantitative estimate of drug-likeness (QED) is 0.396. The van der Waals surface area contributed by atoms with E-state index in [4.69, 9.17) is 9.47 Å². The van der Waals surface area contributed by atoms with Crippen LogP contribution in [0.25, 0.3) is 0 Å². The highest BCUT2D eigenvalue weighted by Gasteiger charge is 2.63. The van der Waals surface area contributed by atoms with Crippen LogP contribution in [0.1, 0.15) is 72.1 Å². The Morgan fingerprint density at radius 2 is 1.62 bits per heavy atom. The van der Waals surface area contributed by atoms with Crippen LogP contribution in [-0.4, -0.2) is 18.0 Å². The predicted molar refractivity (Wildman–Crippen MR) is 100 cm³/mol. The van der Waals surface area contributed by atoms with Crippen LogP contribution in [0.5, 0.6) is 0 Å². The average Bonchev–Trinajstić information content (AvgIpc) is 2.95. The molecule has 4 nitrogen and oxygen atoms in total. The van der Waals surface area contributed by atoms with Crippen LogP contribution in [0.2, 0.25) is 0 Å². The van der Waals surface area contributed by atoms with E-state index in [0.29, 0.717) is 11.5 Å². The van der Waals surface area contributed by atoms with E-state index in [1.807, 2.05) is 0 Å². The van der Waals surface area contributed by atoms with Crippen LogP contribution in [0.4, 0.5) is 0 Å². The molecule has 0 saturated heterocycles. The van der Waals surface area contributed by atoms with Gasteiger partial charge < -0.3 is 9.47 Å². The summed E-state index contributed by atoms with van der Waals surface area (Å²) in [5.74, 6) is -0.656. The van der Waals surface area contributed by atoms with Gasteiger partial charge in [-0.15, -0.1) is 0 Å². The molecule has 3 atom stereocenters. The minimum Gasteiger partial charge on any atom is -0.456 e. The van der Waals surface area contributed by atoms with Gasteiger partial charge in [0.25, 0.3) is 0 Å². The van der Waals surface area contributed by atoms with Crippen molar-refractivity contribution in [3.8, 4) is 0 Å². The fourth-order valence-electron chi connectivity index (χ4n) is 5.34. The van der Waals surface area contributed by atoms with Crippen molar-refractivity contribution >= 4 is 11.9 Å². The molecule has 0 heterocycles. The van der Waals surface area contributed by atoms with Gasteiger partial charge in [-0.2, -0.15) is 0 Å². The van der Waals surface area contributed by atoms with E-state index >= 15 is 0 Å². The lowest BCUT2D eigenvalue weighted by Gasteiger charge is -2.38. The van der Waals surface area contributed by atoms with Crippen LogP contribution in [0.15, 0.2) is 24.5 Å². The molecule has 3 aliphatic rings. The van der Waals surface area contributed by atoms with E-state index in [1.54, 1.807) is 0 Å². The zero-order chi connectivity index (χ0) is 19.1. The molecule has 3 saturated carbocycles. The number of ether oxygens (including phenoxy) is 2. The second-order valence-corrected chi connectivity index (χ2v) is 9.18. The Morgan fingerprint density at radius 3 is 2.15 bits per heavy atom. The lowest BCUT2D eigenvalue weighted by Crippen LogP contribution is -2.38. The second-order valence-electron chi connectivity index (χ2n) is 9.18. The summed E-state index contributed by atoms with van der Waals surface area (Å²) in [6.45, 7) is 14.3. The smallest absolute Gasteiger partial charge is 0.374 e. The summed E-state index contributed by atoms with van der Waals surface area (Å²) in [4.78, 5) is 24.7. The predicted octanol–water partition coefficient (Wildman–Crippen LogP) is 4.94. The van der Waals surface area contributed by atoms with Gasteiger partial charge in [-0.3, -0.25) is 0 Å². The van der Waals surface area contributed by atoms with Gasteiger partial charge in [0.15, 0.2) is 0 Å². The minimum atomic E-state index is -0.621. The number of carbonyl (C=O) groups excluding carboxylic acids is 2. The van der Waals surface area contributed by atoms with Crippen LogP contribution in [0.3, 0.4) is 0 Å². The van der Waals surface area contributed by atoms with E-state index < -0.39 is 11.9 Å². The Labute approximate surface area is 157 Å². The van der Waals surface area contributed by atoms with Crippen LogP contribution in [-0.2, 0) is 19.1 Å². The molecule has 0 aromatic carbocycles. The fraction of sp³-hybridized carbons (Fsp3) is 0.727. The maximum absolute atomic E-state index is 12.4. The van der Waals surface area contributed by atoms with Gasteiger partial charge in [0, 0.05) is 11.0 Å². The Morgan fingerprint density at radius 1 is 0.962 bits per heavy atom. The first-order valence-electron chi connectivity index (χ1n) is 9.97. The van der Waals surface area contributed by atoms with Crippen molar-refractivity contribution in [2.75, 3.05) is 0 Å². The summed E-state index contributed by atoms with van der Waals surface area (Å²) in [5.41, 5.74) is 0.584. The lowest BCUT2D eigenvalue weighted by atomic mass is 9.70. The molecule has 3 rings (SSSR count). The molecule has 3 unspecified atom stereocenters. The average molecular weight is 360 g/mol. The van der Waals surface area contributed by atoms with E-state index in [0.717, 1.165) is 38.5 Å². The summed E-state index contributed by atoms with van der Waals surface area (Å²) >= 11 is 0. The number of carbonyl (C=O) groups is 2. The Hall–Kier alpha value is -1.58. The van der Waals surface area contributed by atoms with Gasteiger partial charge in [-0.05, 0) is 55.9 Å². The number of fused-ring (bicyclic) bond motifs is 2. The van der Waals surface area contributed by atoms with Gasteiger partial charge in [-0.1, -0.05) is 46.6 Å². The van der Waals surface area contributed by atoms with Gasteiger partial charge in [-0.25, -0.2) is 9.59 Å². The zero-order valence-electron chi connectivity index (χ0n) is 16.4. The lowest BCUT2D eigenvalue weighted by molar-refractivity contribution is -0.159. The minimum absolute atomic E-state index is 0.0245. The number of hydrogen-bond donors (Lipinski definition) is 0. The van der Waals surface area contributed by atoms with Crippen LogP contribution < -0.4 is 0 Å². The largest absolute Gasteiger partial charge is 0.456 e. The third-order valence-electron chi connectivity index (χ3n) is 7.77. The first-order chi connectivity index (χ1) is 12.2. The Bertz CT molecular complexity index is 626. The van der Waals surface area contributed by atoms with Gasteiger partial charge in [0.05, 0.1) is 0 Å². The highest BCUT2D eigenvalue weighted by atomic mass is 16.6. The molecule has 0 radical (unpaired) electrons. The highest BCUT2D eigenvalue weighted by molar-refractivity contribution is 5.94. The summed E-state index contributed by atoms with van der Waals surface area (Å²) in [6.07, 6.45) is 8.33. The first-order valence-corrected chi connectivity index (χ1v) is 9.97. The molecule has 0 aliphatic heterocycles. The standard InChI is InChI=1S/C22H32O4/c1-14(16-9-7-6-8-10-16)19(23)25-15(2)20(24)26-18-13-17-11-12-22(18,5)21(17,3)4/h16-18H,1-2,6-13H2,3-5H3. The monoisotopic (exact) mass is 360 g/mol. The molecule has 0 spiro atoms. The van der Waals surface area contributed by atoms with Gasteiger partial charge in [0.1, 0.15) is 6.10 Å². The maximum atomic E-state index is 12.4. The van der Waals surface area contributed by atoms with Crippen molar-refractivity contribution in [1.82, 2.24) is 0 Å². The first kappa shape index (κ1) is 19.2. The van der Waals surface area contributed by atoms with E-state index in [-0.39, 0.29) is 28.6 Å².